The predicted octanol–water partition coefficient (Wildman–Crippen LogP) is -1.67. The molecule has 0 heterocycles. The van der Waals surface area contributed by atoms with Crippen LogP contribution in [0.3, 0.4) is 0 Å². The van der Waals surface area contributed by atoms with Crippen LogP contribution >= 0.6 is 0 Å². The van der Waals surface area contributed by atoms with Crippen molar-refractivity contribution in [2.24, 2.45) is 0 Å². The fourth-order valence-corrected chi connectivity index (χ4v) is 0. The van der Waals surface area contributed by atoms with Gasteiger partial charge < -0.3 is 0 Å². The van der Waals surface area contributed by atoms with Gasteiger partial charge in [-0.05, 0) is 0 Å². The van der Waals surface area contributed by atoms with E-state index in [1.54, 1.807) is 0 Å². The number of nitrogens with one attached hydrogen (secondary N) is 1. The molecule has 0 rings (SSSR count). The molecular formula is HNO2Pr. The average Bonchev–Trinajstić information content (AvgIpc) is 0.918. The molecular weight excluding hydrogens is 187 g/mol. The van der Waals surface area contributed by atoms with E-state index < -0.39 is 0 Å². The summed E-state index contributed by atoms with van der Waals surface area (Å²) in [7, 11) is 0. The summed E-state index contributed by atoms with van der Waals surface area (Å²) in [5, 5.41) is 8.38. The summed E-state index contributed by atoms with van der Waals surface area (Å²) in [4.78, 5) is 8.12. The first-order valence-corrected chi connectivity index (χ1v) is 0.408. The van der Waals surface area contributed by atoms with Gasteiger partial charge in [0.1, 0.15) is 0 Å². The molecule has 0 aliphatic rings. The van der Waals surface area contributed by atoms with Crippen LogP contribution in [0.5, 0.6) is 0 Å². The van der Waals surface area contributed by atoms with E-state index in [1.807, 2.05) is 0 Å². The largest absolute Gasteiger partial charge is 0.267 e. The molecule has 0 bridgehead atoms. The number of hydrogen-bond acceptors (Lipinski definition) is 2. The van der Waals surface area contributed by atoms with Gasteiger partial charge in [-0.25, -0.2) is 0 Å². The van der Waals surface area contributed by atoms with Gasteiger partial charge in [-0.1, -0.05) is 0 Å². The zero-order valence-electron chi connectivity index (χ0n) is 1.89. The van der Waals surface area contributed by atoms with Gasteiger partial charge in [0, 0.05) is 46.6 Å². The second kappa shape index (κ2) is 9.24. The number of hydrogen-bond donors (Lipinski definition) is 1. The van der Waals surface area contributed by atoms with Crippen LogP contribution < -0.4 is 5.34 Å². The fraction of sp³-hybridized carbons (Fsp3) is 0. The van der Waals surface area contributed by atoms with Crippen molar-refractivity contribution in [2.45, 2.75) is 0 Å². The maximum atomic E-state index is 8.12. The summed E-state index contributed by atoms with van der Waals surface area (Å²) in [6, 6.07) is 0. The molecule has 0 saturated heterocycles. The van der Waals surface area contributed by atoms with Gasteiger partial charge in [-0.2, -0.15) is 0 Å². The van der Waals surface area contributed by atoms with Crippen LogP contribution in [0.25, 0.3) is 0 Å². The third kappa shape index (κ3) is 14.7. The van der Waals surface area contributed by atoms with Gasteiger partial charge in [0.05, 0.1) is 0 Å². The minimum absolute atomic E-state index is 0. The Morgan fingerprint density at radius 3 is 1.75 bits per heavy atom. The molecule has 0 unspecified atom stereocenters. The first-order valence-electron chi connectivity index (χ1n) is 0.408. The van der Waals surface area contributed by atoms with Gasteiger partial charge in [0.2, 0.25) is 0 Å². The zero-order valence-corrected chi connectivity index (χ0v) is 5.60. The minimum atomic E-state index is 0. The van der Waals surface area contributed by atoms with E-state index in [4.69, 9.17) is 10.1 Å². The second-order valence-corrected chi connectivity index (χ2v) is 0.0833. The topological polar surface area (TPSA) is 54.1 Å². The van der Waals surface area contributed by atoms with Crippen LogP contribution in [0.15, 0.2) is 0 Å². The standard InChI is InChI=1S/HNO2.Pr/c2-1-3;/h1H;. The Labute approximate surface area is 56.3 Å². The van der Waals surface area contributed by atoms with Crippen molar-refractivity contribution in [1.29, 1.82) is 0 Å². The van der Waals surface area contributed by atoms with Crippen molar-refractivity contribution in [2.75, 3.05) is 0 Å². The molecule has 0 aromatic carbocycles. The van der Waals surface area contributed by atoms with Crippen molar-refractivity contribution < 1.29 is 46.6 Å². The van der Waals surface area contributed by atoms with E-state index in [1.165, 1.54) is 0 Å². The van der Waals surface area contributed by atoms with E-state index in [-0.39, 0.29) is 46.6 Å². The summed E-state index contributed by atoms with van der Waals surface area (Å²) in [5.41, 5.74) is 0. The Morgan fingerprint density at radius 2 is 1.75 bits per heavy atom. The van der Waals surface area contributed by atoms with Gasteiger partial charge in [-0.3, -0.25) is 10.1 Å². The first kappa shape index (κ1) is 8.83. The molecule has 0 aromatic heterocycles. The van der Waals surface area contributed by atoms with Crippen LogP contribution in [-0.4, -0.2) is 0 Å². The molecule has 0 spiro atoms. The van der Waals surface area contributed by atoms with Crippen LogP contribution in [-0.2, 0) is 0 Å². The van der Waals surface area contributed by atoms with Gasteiger partial charge in [-0.15, -0.1) is 0 Å². The molecule has 0 saturated carbocycles. The molecule has 0 amide bonds. The molecule has 21 valence electrons. The van der Waals surface area contributed by atoms with Crippen molar-refractivity contribution >= 4 is 0 Å². The average molecular weight is 188 g/mol. The molecule has 4 heavy (non-hydrogen) atoms. The summed E-state index contributed by atoms with van der Waals surface area (Å²) in [6.07, 6.45) is 0. The predicted molar refractivity (Wildman–Crippen MR) is 7.70 cm³/mol. The molecule has 0 fully saturated rings. The van der Waals surface area contributed by atoms with Crippen LogP contribution in [0.4, 0.5) is 0 Å². The summed E-state index contributed by atoms with van der Waals surface area (Å²) in [6.45, 7) is 0. The van der Waals surface area contributed by atoms with Crippen molar-refractivity contribution in [1.82, 2.24) is 0 Å². The molecule has 1 N–H and O–H groups in total. The fourth-order valence-electron chi connectivity index (χ4n) is 0. The van der Waals surface area contributed by atoms with Gasteiger partial charge in [0.15, 0.2) is 0 Å². The van der Waals surface area contributed by atoms with Crippen LogP contribution in [0.1, 0.15) is 0 Å². The Morgan fingerprint density at radius 1 is 1.75 bits per heavy atom. The zero-order chi connectivity index (χ0) is 2.71. The summed E-state index contributed by atoms with van der Waals surface area (Å²) in [5.74, 6) is 0. The van der Waals surface area contributed by atoms with Gasteiger partial charge >= 0.3 is 0 Å². The van der Waals surface area contributed by atoms with Gasteiger partial charge in [0.25, 0.3) is 0 Å². The van der Waals surface area contributed by atoms with Crippen LogP contribution in [0, 0.1) is 51.4 Å². The van der Waals surface area contributed by atoms with E-state index in [0.29, 0.717) is 0 Å². The Bertz CT molecular complexity index is 13.5. The third-order valence-corrected chi connectivity index (χ3v) is 0. The Kier molecular flexibility index (Phi) is 20.4. The van der Waals surface area contributed by atoms with Crippen molar-refractivity contribution in [3.8, 4) is 0 Å². The number of rotatable bonds is 0. The molecule has 3 nitrogen and oxygen atoms in total. The minimum Gasteiger partial charge on any atom is -0.267 e. The van der Waals surface area contributed by atoms with E-state index in [0.717, 1.165) is 0 Å². The normalized spacial score (nSPS) is 3.00. The first-order chi connectivity index (χ1) is 1.41. The maximum absolute atomic E-state index is 8.12. The molecule has 0 aromatic rings. The Hall–Kier alpha value is 0.764. The molecule has 1 radical (unpaired) electrons. The molecule has 4 heteroatoms. The molecule has 0 aliphatic carbocycles. The Balaban J connectivity index is 0. The molecule has 0 atom stereocenters. The van der Waals surface area contributed by atoms with Crippen molar-refractivity contribution in [3.63, 3.8) is 0 Å². The van der Waals surface area contributed by atoms with E-state index in [9.17, 15) is 0 Å². The third-order valence-electron chi connectivity index (χ3n) is 0. The SMILES string of the molecule is O=[NH+][O-].[Pr]. The van der Waals surface area contributed by atoms with Crippen molar-refractivity contribution in [3.05, 3.63) is 10.1 Å². The quantitative estimate of drug-likeness (QED) is 0.365. The van der Waals surface area contributed by atoms with E-state index >= 15 is 0 Å². The maximum Gasteiger partial charge on any atom is 0.00366 e. The van der Waals surface area contributed by atoms with Crippen LogP contribution in [0.2, 0.25) is 0 Å². The smallest absolute Gasteiger partial charge is 0.00366 e. The monoisotopic (exact) mass is 188 g/mol. The summed E-state index contributed by atoms with van der Waals surface area (Å²) < 4.78 is 0. The molecule has 0 aliphatic heterocycles. The second-order valence-electron chi connectivity index (χ2n) is 0.0833. The summed E-state index contributed by atoms with van der Waals surface area (Å²) >= 11 is 0. The van der Waals surface area contributed by atoms with E-state index in [2.05, 4.69) is 0 Å².